The van der Waals surface area contributed by atoms with Gasteiger partial charge in [0.1, 0.15) is 11.8 Å². The lowest BCUT2D eigenvalue weighted by molar-refractivity contribution is -0.138. The molecule has 10 nitrogen and oxygen atoms in total. The zero-order valence-corrected chi connectivity index (χ0v) is 12.2. The first-order chi connectivity index (χ1) is 9.51. The third-order valence-corrected chi connectivity index (χ3v) is 2.37. The molecule has 0 fully saturated rings. The minimum Gasteiger partial charge on any atom is -0.480 e. The molecule has 0 bridgehead atoms. The molecule has 0 heterocycles. The summed E-state index contributed by atoms with van der Waals surface area (Å²) in [7, 11) is -7.44. The van der Waals surface area contributed by atoms with E-state index in [-0.39, 0.29) is 12.2 Å². The molecule has 0 aromatic heterocycles. The molecular weight excluding hydrogens is 328 g/mol. The van der Waals surface area contributed by atoms with Gasteiger partial charge < -0.3 is 15.4 Å². The number of carboxylic acids is 1. The van der Waals surface area contributed by atoms with E-state index in [0.717, 1.165) is 0 Å². The highest BCUT2D eigenvalue weighted by Gasteiger charge is 2.16. The molecule has 7 N–H and O–H groups in total. The second kappa shape index (κ2) is 8.81. The topological polar surface area (TPSA) is 188 Å². The van der Waals surface area contributed by atoms with Gasteiger partial charge in [0.15, 0.2) is 0 Å². The van der Waals surface area contributed by atoms with Gasteiger partial charge in [0.25, 0.3) is 0 Å². The summed E-state index contributed by atoms with van der Waals surface area (Å²) in [4.78, 5) is 41.8. The molecule has 0 amide bonds. The number of aliphatic carboxylic acids is 1. The van der Waals surface area contributed by atoms with Crippen LogP contribution in [0.15, 0.2) is 24.3 Å². The van der Waals surface area contributed by atoms with Crippen molar-refractivity contribution in [2.45, 2.75) is 12.5 Å². The summed E-state index contributed by atoms with van der Waals surface area (Å²) in [6.07, 6.45) is 0.130. The van der Waals surface area contributed by atoms with Crippen LogP contribution in [0.4, 0.5) is 0 Å². The van der Waals surface area contributed by atoms with Crippen LogP contribution in [0.2, 0.25) is 0 Å². The fourth-order valence-electron chi connectivity index (χ4n) is 1.16. The Morgan fingerprint density at radius 1 is 1.29 bits per heavy atom. The lowest BCUT2D eigenvalue weighted by Gasteiger charge is -2.09. The summed E-state index contributed by atoms with van der Waals surface area (Å²) in [5.74, 6) is -1.11. The second-order valence-corrected chi connectivity index (χ2v) is 5.30. The number of hydrogen-bond acceptors (Lipinski definition) is 5. The summed E-state index contributed by atoms with van der Waals surface area (Å²) >= 11 is 0. The molecule has 21 heavy (non-hydrogen) atoms. The summed E-state index contributed by atoms with van der Waals surface area (Å²) in [5.41, 5.74) is 5.97. The van der Waals surface area contributed by atoms with Crippen molar-refractivity contribution in [3.63, 3.8) is 0 Å². The van der Waals surface area contributed by atoms with Gasteiger partial charge >= 0.3 is 22.0 Å². The van der Waals surface area contributed by atoms with Gasteiger partial charge in [-0.15, -0.1) is 9.79 Å². The van der Waals surface area contributed by atoms with Gasteiger partial charge in [0, 0.05) is 4.57 Å². The van der Waals surface area contributed by atoms with E-state index in [1.54, 1.807) is 0 Å². The molecule has 1 aromatic carbocycles. The molecule has 1 aromatic rings. The predicted octanol–water partition coefficient (Wildman–Crippen LogP) is -0.259. The van der Waals surface area contributed by atoms with E-state index in [1.165, 1.54) is 24.3 Å². The maximum absolute atomic E-state index is 10.5. The number of benzene rings is 1. The molecule has 12 heteroatoms. The summed E-state index contributed by atoms with van der Waals surface area (Å²) in [5, 5.41) is 8.60. The van der Waals surface area contributed by atoms with Crippen molar-refractivity contribution >= 4 is 22.0 Å². The SMILES string of the molecule is N[C@@H](Cc1ccc(OP(=O)(O)O)cc1)C(=O)O.O=[P+](O)O. The molecular formula is C9H14NO9P2+. The van der Waals surface area contributed by atoms with Crippen molar-refractivity contribution < 1.29 is 43.1 Å². The van der Waals surface area contributed by atoms with Crippen LogP contribution in [0, 0.1) is 0 Å². The van der Waals surface area contributed by atoms with E-state index in [4.69, 9.17) is 35.0 Å². The van der Waals surface area contributed by atoms with Crippen molar-refractivity contribution in [2.24, 2.45) is 5.73 Å². The zero-order valence-electron chi connectivity index (χ0n) is 10.4. The highest BCUT2D eigenvalue weighted by atomic mass is 31.2. The van der Waals surface area contributed by atoms with Crippen molar-refractivity contribution in [3.8, 4) is 5.75 Å². The minimum atomic E-state index is -4.56. The number of phosphoric acid groups is 1. The molecule has 0 unspecified atom stereocenters. The van der Waals surface area contributed by atoms with Crippen LogP contribution >= 0.6 is 16.1 Å². The van der Waals surface area contributed by atoms with Crippen LogP contribution < -0.4 is 10.3 Å². The molecule has 118 valence electrons. The Morgan fingerprint density at radius 3 is 2.05 bits per heavy atom. The van der Waals surface area contributed by atoms with Gasteiger partial charge in [-0.1, -0.05) is 12.1 Å². The standard InChI is InChI=1S/C9H12NO6P.HO3P/c10-8(9(11)12)5-6-1-3-7(4-2-6)16-17(13,14)15;1-4(2)3/h1-4,8H,5,10H2,(H,11,12)(H2,13,14,15);(H-,1,2,3)/p+1/t8-;/m0./s1. The van der Waals surface area contributed by atoms with Gasteiger partial charge in [-0.3, -0.25) is 14.6 Å². The maximum atomic E-state index is 10.5. The first kappa shape index (κ1) is 19.6. The summed E-state index contributed by atoms with van der Waals surface area (Å²) < 4.78 is 23.6. The molecule has 1 rings (SSSR count). The predicted molar refractivity (Wildman–Crippen MR) is 70.5 cm³/mol. The fraction of sp³-hybridized carbons (Fsp3) is 0.222. The average Bonchev–Trinajstić information content (AvgIpc) is 2.28. The number of rotatable bonds is 5. The van der Waals surface area contributed by atoms with Gasteiger partial charge in [0.2, 0.25) is 0 Å². The number of carboxylic acid groups (broad SMARTS) is 1. The fourth-order valence-corrected chi connectivity index (χ4v) is 1.56. The van der Waals surface area contributed by atoms with Gasteiger partial charge in [-0.05, 0) is 24.1 Å². The van der Waals surface area contributed by atoms with Crippen LogP contribution in [-0.2, 0) is 20.3 Å². The third kappa shape index (κ3) is 11.0. The second-order valence-electron chi connectivity index (χ2n) is 3.63. The van der Waals surface area contributed by atoms with Gasteiger partial charge in [0.05, 0.1) is 0 Å². The van der Waals surface area contributed by atoms with Crippen LogP contribution in [0.25, 0.3) is 0 Å². The van der Waals surface area contributed by atoms with Gasteiger partial charge in [-0.25, -0.2) is 4.57 Å². The summed E-state index contributed by atoms with van der Waals surface area (Å²) in [6, 6.07) is 4.65. The lowest BCUT2D eigenvalue weighted by Crippen LogP contribution is -2.32. The van der Waals surface area contributed by atoms with Gasteiger partial charge in [-0.2, -0.15) is 0 Å². The van der Waals surface area contributed by atoms with E-state index in [1.807, 2.05) is 0 Å². The molecule has 0 aliphatic carbocycles. The van der Waals surface area contributed by atoms with Crippen molar-refractivity contribution in [1.82, 2.24) is 0 Å². The summed E-state index contributed by atoms with van der Waals surface area (Å²) in [6.45, 7) is 0. The van der Waals surface area contributed by atoms with Crippen molar-refractivity contribution in [2.75, 3.05) is 0 Å². The Morgan fingerprint density at radius 2 is 1.71 bits per heavy atom. The van der Waals surface area contributed by atoms with E-state index in [2.05, 4.69) is 4.52 Å². The monoisotopic (exact) mass is 342 g/mol. The molecule has 0 radical (unpaired) electrons. The van der Waals surface area contributed by atoms with E-state index >= 15 is 0 Å². The Bertz CT molecular complexity index is 523. The van der Waals surface area contributed by atoms with E-state index in [9.17, 15) is 9.36 Å². The zero-order chi connectivity index (χ0) is 16.6. The van der Waals surface area contributed by atoms with Crippen molar-refractivity contribution in [1.29, 1.82) is 0 Å². The van der Waals surface area contributed by atoms with Crippen molar-refractivity contribution in [3.05, 3.63) is 29.8 Å². The van der Waals surface area contributed by atoms with E-state index in [0.29, 0.717) is 5.56 Å². The third-order valence-electron chi connectivity index (χ3n) is 1.92. The quantitative estimate of drug-likeness (QED) is 0.389. The lowest BCUT2D eigenvalue weighted by atomic mass is 10.1. The number of phosphoric ester groups is 1. The Labute approximate surface area is 120 Å². The number of carbonyl (C=O) groups is 1. The Hall–Kier alpha value is -1.38. The molecule has 0 saturated heterocycles. The first-order valence-corrected chi connectivity index (χ1v) is 7.88. The molecule has 0 spiro atoms. The molecule has 0 aliphatic heterocycles. The number of hydrogen-bond donors (Lipinski definition) is 6. The molecule has 0 saturated carbocycles. The normalized spacial score (nSPS) is 11.9. The smallest absolute Gasteiger partial charge is 0.480 e. The molecule has 1 atom stereocenters. The average molecular weight is 342 g/mol. The van der Waals surface area contributed by atoms with Crippen LogP contribution in [-0.4, -0.2) is 36.7 Å². The largest absolute Gasteiger partial charge is 0.692 e. The highest BCUT2D eigenvalue weighted by Crippen LogP contribution is 2.37. The minimum absolute atomic E-state index is 0.00554. The molecule has 0 aliphatic rings. The first-order valence-electron chi connectivity index (χ1n) is 5.18. The van der Waals surface area contributed by atoms with E-state index < -0.39 is 28.1 Å². The number of nitrogens with two attached hydrogens (primary N) is 1. The van der Waals surface area contributed by atoms with Crippen LogP contribution in [0.3, 0.4) is 0 Å². The highest BCUT2D eigenvalue weighted by molar-refractivity contribution is 7.46. The maximum Gasteiger partial charge on any atom is 0.692 e. The van der Waals surface area contributed by atoms with Crippen LogP contribution in [0.5, 0.6) is 5.75 Å². The van der Waals surface area contributed by atoms with Crippen LogP contribution in [0.1, 0.15) is 5.56 Å². The Kier molecular flexibility index (Phi) is 8.23. The Balaban J connectivity index is 0.000000885.